The molecule has 1 aromatic rings. The monoisotopic (exact) mass is 361 g/mol. The summed E-state index contributed by atoms with van der Waals surface area (Å²) < 4.78 is 0. The molecule has 1 saturated carbocycles. The molecule has 134 valence electrons. The molecule has 2 aliphatic heterocycles. The molecular formula is C18H23N3O3S. The molecule has 3 aliphatic rings. The Kier molecular flexibility index (Phi) is 4.27. The van der Waals surface area contributed by atoms with Gasteiger partial charge in [0.05, 0.1) is 6.04 Å². The molecule has 3 fully saturated rings. The zero-order valence-electron chi connectivity index (χ0n) is 14.2. The quantitative estimate of drug-likeness (QED) is 0.842. The van der Waals surface area contributed by atoms with Crippen LogP contribution in [0.15, 0.2) is 16.8 Å². The largest absolute Gasteiger partial charge is 0.334 e. The van der Waals surface area contributed by atoms with Crippen molar-refractivity contribution >= 4 is 29.2 Å². The van der Waals surface area contributed by atoms with E-state index in [0.717, 1.165) is 42.6 Å². The van der Waals surface area contributed by atoms with Crippen LogP contribution in [-0.4, -0.2) is 46.3 Å². The van der Waals surface area contributed by atoms with Gasteiger partial charge in [-0.25, -0.2) is 4.79 Å². The van der Waals surface area contributed by atoms with E-state index in [4.69, 9.17) is 0 Å². The fourth-order valence-electron chi connectivity index (χ4n) is 4.42. The Balaban J connectivity index is 1.47. The van der Waals surface area contributed by atoms with Crippen LogP contribution in [0.5, 0.6) is 0 Å². The van der Waals surface area contributed by atoms with Gasteiger partial charge in [0.1, 0.15) is 12.1 Å². The molecule has 1 aromatic heterocycles. The van der Waals surface area contributed by atoms with Crippen LogP contribution in [0.4, 0.5) is 4.79 Å². The lowest BCUT2D eigenvalue weighted by atomic mass is 9.82. The highest BCUT2D eigenvalue weighted by molar-refractivity contribution is 7.08. The highest BCUT2D eigenvalue weighted by Gasteiger charge is 2.52. The van der Waals surface area contributed by atoms with Crippen molar-refractivity contribution in [2.24, 2.45) is 0 Å². The van der Waals surface area contributed by atoms with Crippen LogP contribution in [0.2, 0.25) is 0 Å². The number of likely N-dealkylation sites (tertiary alicyclic amines) is 1. The summed E-state index contributed by atoms with van der Waals surface area (Å²) in [6.07, 6.45) is 6.25. The van der Waals surface area contributed by atoms with Crippen LogP contribution >= 0.6 is 11.3 Å². The van der Waals surface area contributed by atoms with E-state index in [0.29, 0.717) is 19.4 Å². The molecule has 4 amide bonds. The highest BCUT2D eigenvalue weighted by atomic mass is 32.1. The maximum atomic E-state index is 12.8. The molecule has 25 heavy (non-hydrogen) atoms. The van der Waals surface area contributed by atoms with E-state index in [9.17, 15) is 14.4 Å². The summed E-state index contributed by atoms with van der Waals surface area (Å²) in [5.41, 5.74) is 0.393. The third-order valence-electron chi connectivity index (χ3n) is 5.75. The first-order valence-electron chi connectivity index (χ1n) is 9.06. The van der Waals surface area contributed by atoms with Crippen LogP contribution in [0, 0.1) is 0 Å². The van der Waals surface area contributed by atoms with Crippen molar-refractivity contribution in [1.82, 2.24) is 15.1 Å². The summed E-state index contributed by atoms with van der Waals surface area (Å²) in [6.45, 7) is 0.543. The Labute approximate surface area is 151 Å². The first-order valence-corrected chi connectivity index (χ1v) is 10.0. The second-order valence-electron chi connectivity index (χ2n) is 7.27. The van der Waals surface area contributed by atoms with Crippen molar-refractivity contribution in [3.8, 4) is 0 Å². The molecule has 1 unspecified atom stereocenters. The molecule has 2 saturated heterocycles. The lowest BCUT2D eigenvalue weighted by Crippen LogP contribution is -2.49. The third kappa shape index (κ3) is 2.84. The minimum absolute atomic E-state index is 0.0724. The van der Waals surface area contributed by atoms with Gasteiger partial charge >= 0.3 is 6.03 Å². The Morgan fingerprint density at radius 2 is 2.04 bits per heavy atom. The van der Waals surface area contributed by atoms with E-state index < -0.39 is 11.6 Å². The number of hydrogen-bond donors (Lipinski definition) is 1. The maximum Gasteiger partial charge on any atom is 0.325 e. The molecular weight excluding hydrogens is 338 g/mol. The summed E-state index contributed by atoms with van der Waals surface area (Å²) in [4.78, 5) is 41.0. The number of rotatable bonds is 3. The lowest BCUT2D eigenvalue weighted by Gasteiger charge is -2.30. The topological polar surface area (TPSA) is 69.7 Å². The first kappa shape index (κ1) is 16.6. The SMILES string of the molecule is O=C1NC2(CCCCC2)C(=O)N1CC(=O)N1CCCC1c1ccsc1. The summed E-state index contributed by atoms with van der Waals surface area (Å²) in [5, 5.41) is 6.96. The van der Waals surface area contributed by atoms with Crippen LogP contribution in [-0.2, 0) is 9.59 Å². The van der Waals surface area contributed by atoms with E-state index >= 15 is 0 Å². The van der Waals surface area contributed by atoms with Gasteiger partial charge in [-0.15, -0.1) is 0 Å². The molecule has 1 N–H and O–H groups in total. The van der Waals surface area contributed by atoms with E-state index in [2.05, 4.69) is 10.7 Å². The molecule has 0 bridgehead atoms. The lowest BCUT2D eigenvalue weighted by molar-refractivity contribution is -0.140. The van der Waals surface area contributed by atoms with E-state index in [1.54, 1.807) is 11.3 Å². The smallest absolute Gasteiger partial charge is 0.325 e. The van der Waals surface area contributed by atoms with Crippen molar-refractivity contribution in [1.29, 1.82) is 0 Å². The van der Waals surface area contributed by atoms with Gasteiger partial charge in [-0.05, 0) is 48.1 Å². The highest BCUT2D eigenvalue weighted by Crippen LogP contribution is 2.35. The molecule has 3 heterocycles. The number of nitrogens with one attached hydrogen (secondary N) is 1. The Morgan fingerprint density at radius 3 is 2.76 bits per heavy atom. The van der Waals surface area contributed by atoms with Gasteiger partial charge in [-0.1, -0.05) is 19.3 Å². The van der Waals surface area contributed by atoms with Gasteiger partial charge in [0.2, 0.25) is 5.91 Å². The molecule has 7 heteroatoms. The number of urea groups is 1. The van der Waals surface area contributed by atoms with Gasteiger partial charge < -0.3 is 10.2 Å². The fourth-order valence-corrected chi connectivity index (χ4v) is 5.12. The predicted molar refractivity (Wildman–Crippen MR) is 94.1 cm³/mol. The normalized spacial score (nSPS) is 25.7. The average Bonchev–Trinajstić information content (AvgIpc) is 3.33. The molecule has 4 rings (SSSR count). The zero-order valence-corrected chi connectivity index (χ0v) is 15.0. The molecule has 0 aromatic carbocycles. The number of carbonyl (C=O) groups excluding carboxylic acids is 3. The van der Waals surface area contributed by atoms with Gasteiger partial charge in [-0.2, -0.15) is 11.3 Å². The van der Waals surface area contributed by atoms with Gasteiger partial charge in [-0.3, -0.25) is 14.5 Å². The van der Waals surface area contributed by atoms with Gasteiger partial charge in [0, 0.05) is 6.54 Å². The minimum atomic E-state index is -0.757. The van der Waals surface area contributed by atoms with Gasteiger partial charge in [0.25, 0.3) is 5.91 Å². The second kappa shape index (κ2) is 6.44. The molecule has 1 atom stereocenters. The Bertz CT molecular complexity index is 682. The maximum absolute atomic E-state index is 12.8. The summed E-state index contributed by atoms with van der Waals surface area (Å²) in [6, 6.07) is 1.71. The van der Waals surface area contributed by atoms with Crippen molar-refractivity contribution in [2.75, 3.05) is 13.1 Å². The van der Waals surface area contributed by atoms with Gasteiger partial charge in [0.15, 0.2) is 0 Å². The number of hydrogen-bond acceptors (Lipinski definition) is 4. The Morgan fingerprint density at radius 1 is 1.24 bits per heavy atom. The predicted octanol–water partition coefficient (Wildman–Crippen LogP) is 2.67. The van der Waals surface area contributed by atoms with Crippen molar-refractivity contribution in [3.05, 3.63) is 22.4 Å². The number of nitrogens with zero attached hydrogens (tertiary/aromatic N) is 2. The Hall–Kier alpha value is -1.89. The first-order chi connectivity index (χ1) is 12.1. The number of thiophene rings is 1. The van der Waals surface area contributed by atoms with Crippen molar-refractivity contribution in [2.45, 2.75) is 56.5 Å². The third-order valence-corrected chi connectivity index (χ3v) is 6.45. The molecule has 0 radical (unpaired) electrons. The van der Waals surface area contributed by atoms with Crippen LogP contribution in [0.3, 0.4) is 0 Å². The van der Waals surface area contributed by atoms with Crippen LogP contribution in [0.1, 0.15) is 56.6 Å². The summed E-state index contributed by atoms with van der Waals surface area (Å²) in [7, 11) is 0. The molecule has 1 spiro atoms. The summed E-state index contributed by atoms with van der Waals surface area (Å²) >= 11 is 1.62. The van der Waals surface area contributed by atoms with E-state index in [1.165, 1.54) is 0 Å². The minimum Gasteiger partial charge on any atom is -0.334 e. The molecule has 1 aliphatic carbocycles. The van der Waals surface area contributed by atoms with E-state index in [1.807, 2.05) is 16.3 Å². The fraction of sp³-hybridized carbons (Fsp3) is 0.611. The average molecular weight is 361 g/mol. The van der Waals surface area contributed by atoms with Crippen LogP contribution < -0.4 is 5.32 Å². The zero-order chi connectivity index (χ0) is 17.4. The van der Waals surface area contributed by atoms with Crippen molar-refractivity contribution < 1.29 is 14.4 Å². The summed E-state index contributed by atoms with van der Waals surface area (Å²) in [5.74, 6) is -0.345. The number of amides is 4. The molecule has 6 nitrogen and oxygen atoms in total. The van der Waals surface area contributed by atoms with Crippen molar-refractivity contribution in [3.63, 3.8) is 0 Å². The number of imide groups is 1. The second-order valence-corrected chi connectivity index (χ2v) is 8.05. The number of carbonyl (C=O) groups is 3. The van der Waals surface area contributed by atoms with E-state index in [-0.39, 0.29) is 24.4 Å². The van der Waals surface area contributed by atoms with Crippen LogP contribution in [0.25, 0.3) is 0 Å². The standard InChI is InChI=1S/C18H23N3O3S/c22-15(20-9-4-5-14(20)13-6-10-25-12-13)11-21-16(23)18(19-17(21)24)7-2-1-3-8-18/h6,10,12,14H,1-5,7-9,11H2,(H,19,24).